The van der Waals surface area contributed by atoms with Gasteiger partial charge in [0.15, 0.2) is 5.62 Å². The van der Waals surface area contributed by atoms with Crippen LogP contribution < -0.4 is 0 Å². The molecule has 1 aromatic rings. The van der Waals surface area contributed by atoms with Crippen molar-refractivity contribution < 1.29 is 9.90 Å². The fourth-order valence-corrected chi connectivity index (χ4v) is 1.06. The van der Waals surface area contributed by atoms with E-state index < -0.39 is 0 Å². The third kappa shape index (κ3) is 9.35. The van der Waals surface area contributed by atoms with Crippen molar-refractivity contribution >= 4 is 17.4 Å². The van der Waals surface area contributed by atoms with Gasteiger partial charge in [-0.25, -0.2) is 0 Å². The van der Waals surface area contributed by atoms with E-state index in [1.807, 2.05) is 13.8 Å². The second kappa shape index (κ2) is 13.0. The minimum Gasteiger partial charge on any atom is -0.507 e. The molecule has 0 aliphatic heterocycles. The van der Waals surface area contributed by atoms with E-state index in [1.54, 1.807) is 24.3 Å². The first-order valence-corrected chi connectivity index (χ1v) is 6.02. The summed E-state index contributed by atoms with van der Waals surface area (Å²) in [6.45, 7) is 8.25. The average molecular weight is 228 g/mol. The molecule has 3 heteroatoms. The Kier molecular flexibility index (Phi) is 14.3. The molecule has 0 unspecified atom stereocenters. The zero-order chi connectivity index (χ0) is 12.1. The summed E-state index contributed by atoms with van der Waals surface area (Å²) in [5, 5.41) is 9.06. The fraction of sp³-hybridized carbons (Fsp3) is 0.417. The lowest BCUT2D eigenvalue weighted by molar-refractivity contribution is 0.462. The Labute approximate surface area is 96.7 Å². The first-order chi connectivity index (χ1) is 7.26. The highest BCUT2D eigenvalue weighted by Gasteiger charge is 1.96. The molecule has 0 saturated carbocycles. The number of thioether (sulfide) groups is 1. The van der Waals surface area contributed by atoms with Crippen LogP contribution in [0.15, 0.2) is 29.2 Å². The van der Waals surface area contributed by atoms with Crippen LogP contribution in [-0.2, 0) is 4.79 Å². The molecule has 0 radical (unpaired) electrons. The second-order valence-electron chi connectivity index (χ2n) is 2.39. The van der Waals surface area contributed by atoms with Crippen molar-refractivity contribution in [3.8, 4) is 5.75 Å². The lowest BCUT2D eigenvalue weighted by Crippen LogP contribution is -1.70. The number of phenolic OH excluding ortho intramolecular Hbond substituents is 1. The lowest BCUT2D eigenvalue weighted by atomic mass is 10.3. The van der Waals surface area contributed by atoms with Crippen LogP contribution in [0.2, 0.25) is 0 Å². The lowest BCUT2D eigenvalue weighted by Gasteiger charge is -1.95. The molecule has 0 aromatic heterocycles. The maximum absolute atomic E-state index is 9.98. The van der Waals surface area contributed by atoms with Gasteiger partial charge in [-0.05, 0) is 12.1 Å². The molecule has 0 aliphatic carbocycles. The van der Waals surface area contributed by atoms with Crippen LogP contribution in [0.3, 0.4) is 0 Å². The summed E-state index contributed by atoms with van der Waals surface area (Å²) in [6, 6.07) is 6.72. The molecule has 0 aliphatic rings. The number of para-hydroxylation sites is 1. The molecule has 1 N–H and O–H groups in total. The van der Waals surface area contributed by atoms with E-state index in [4.69, 9.17) is 5.11 Å². The molecule has 0 spiro atoms. The van der Waals surface area contributed by atoms with Crippen LogP contribution in [0.25, 0.3) is 0 Å². The topological polar surface area (TPSA) is 37.3 Å². The van der Waals surface area contributed by atoms with Gasteiger partial charge in [-0.15, -0.1) is 0 Å². The molecule has 2 nitrogen and oxygen atoms in total. The minimum atomic E-state index is 0.152. The van der Waals surface area contributed by atoms with Crippen molar-refractivity contribution in [3.05, 3.63) is 24.3 Å². The molecule has 1 aromatic carbocycles. The van der Waals surface area contributed by atoms with Gasteiger partial charge < -0.3 is 5.11 Å². The number of rotatable bonds is 2. The Morgan fingerprint density at radius 1 is 1.27 bits per heavy atom. The molecule has 0 saturated heterocycles. The SMILES string of the molecule is CC.CCC.O=CSc1ccccc1O. The number of carbonyl (C=O) groups is 1. The Balaban J connectivity index is 0. The standard InChI is InChI=1S/C7H6O2S.C3H8.C2H6/c8-5-10-7-4-2-1-3-6(7)9;1-3-2;1-2/h1-5,9H;3H2,1-2H3;1-2H3. The van der Waals surface area contributed by atoms with E-state index in [-0.39, 0.29) is 5.75 Å². The molecule has 0 heterocycles. The van der Waals surface area contributed by atoms with Gasteiger partial charge in [0.2, 0.25) is 0 Å². The highest BCUT2D eigenvalue weighted by Crippen LogP contribution is 2.25. The Bertz CT molecular complexity index is 249. The normalized spacial score (nSPS) is 7.73. The van der Waals surface area contributed by atoms with E-state index >= 15 is 0 Å². The number of carbonyl (C=O) groups excluding carboxylic acids is 1. The van der Waals surface area contributed by atoms with Gasteiger partial charge in [-0.2, -0.15) is 0 Å². The van der Waals surface area contributed by atoms with Crippen LogP contribution in [0.5, 0.6) is 5.75 Å². The van der Waals surface area contributed by atoms with Crippen LogP contribution in [-0.4, -0.2) is 10.7 Å². The van der Waals surface area contributed by atoms with Gasteiger partial charge in [-0.3, -0.25) is 4.79 Å². The predicted octanol–water partition coefficient (Wildman–Crippen LogP) is 4.12. The van der Waals surface area contributed by atoms with Gasteiger partial charge in [0.1, 0.15) is 5.75 Å². The van der Waals surface area contributed by atoms with Crippen molar-refractivity contribution in [2.45, 2.75) is 39.0 Å². The molecule has 0 bridgehead atoms. The summed E-state index contributed by atoms with van der Waals surface area (Å²) in [5.41, 5.74) is 0.690. The number of benzene rings is 1. The summed E-state index contributed by atoms with van der Waals surface area (Å²) in [4.78, 5) is 10.6. The molecule has 0 fully saturated rings. The van der Waals surface area contributed by atoms with E-state index in [2.05, 4.69) is 13.8 Å². The van der Waals surface area contributed by atoms with Gasteiger partial charge >= 0.3 is 0 Å². The summed E-state index contributed by atoms with van der Waals surface area (Å²) < 4.78 is 0. The highest BCUT2D eigenvalue weighted by molar-refractivity contribution is 8.12. The Morgan fingerprint density at radius 3 is 2.13 bits per heavy atom. The number of aromatic hydroxyl groups is 1. The molecule has 15 heavy (non-hydrogen) atoms. The first-order valence-electron chi connectivity index (χ1n) is 5.14. The molecule has 0 amide bonds. The number of phenols is 1. The third-order valence-corrected chi connectivity index (χ3v) is 1.74. The van der Waals surface area contributed by atoms with E-state index in [1.165, 1.54) is 6.42 Å². The smallest absolute Gasteiger partial charge is 0.181 e. The third-order valence-electron chi connectivity index (χ3n) is 1.04. The van der Waals surface area contributed by atoms with Crippen molar-refractivity contribution in [2.75, 3.05) is 0 Å². The fourth-order valence-electron chi connectivity index (χ4n) is 0.609. The van der Waals surface area contributed by atoms with E-state index in [0.29, 0.717) is 10.5 Å². The van der Waals surface area contributed by atoms with Crippen molar-refractivity contribution in [2.24, 2.45) is 0 Å². The highest BCUT2D eigenvalue weighted by atomic mass is 32.2. The molecule has 1 rings (SSSR count). The average Bonchev–Trinajstić information content (AvgIpc) is 2.26. The maximum atomic E-state index is 9.98. The van der Waals surface area contributed by atoms with Crippen molar-refractivity contribution in [1.29, 1.82) is 0 Å². The summed E-state index contributed by atoms with van der Waals surface area (Å²) in [7, 11) is 0. The quantitative estimate of drug-likeness (QED) is 0.611. The zero-order valence-electron chi connectivity index (χ0n) is 9.86. The van der Waals surface area contributed by atoms with Crippen LogP contribution in [0, 0.1) is 0 Å². The van der Waals surface area contributed by atoms with Crippen molar-refractivity contribution in [1.82, 2.24) is 0 Å². The van der Waals surface area contributed by atoms with Crippen LogP contribution in [0.4, 0.5) is 0 Å². The van der Waals surface area contributed by atoms with Crippen molar-refractivity contribution in [3.63, 3.8) is 0 Å². The van der Waals surface area contributed by atoms with Gasteiger partial charge in [-0.1, -0.05) is 58.0 Å². The number of hydrogen-bond donors (Lipinski definition) is 1. The van der Waals surface area contributed by atoms with E-state index in [9.17, 15) is 4.79 Å². The van der Waals surface area contributed by atoms with Gasteiger partial charge in [0.25, 0.3) is 0 Å². The molecular formula is C12H20O2S. The minimum absolute atomic E-state index is 0.152. The molecular weight excluding hydrogens is 208 g/mol. The molecule has 0 atom stereocenters. The number of hydrogen-bond acceptors (Lipinski definition) is 3. The largest absolute Gasteiger partial charge is 0.507 e. The summed E-state index contributed by atoms with van der Waals surface area (Å²) in [5.74, 6) is 0.152. The summed E-state index contributed by atoms with van der Waals surface area (Å²) in [6.07, 6.45) is 1.25. The van der Waals surface area contributed by atoms with Gasteiger partial charge in [0.05, 0.1) is 4.90 Å². The Hall–Kier alpha value is -0.960. The zero-order valence-corrected chi connectivity index (χ0v) is 10.7. The van der Waals surface area contributed by atoms with Crippen LogP contribution >= 0.6 is 11.8 Å². The maximum Gasteiger partial charge on any atom is 0.181 e. The predicted molar refractivity (Wildman–Crippen MR) is 68.0 cm³/mol. The van der Waals surface area contributed by atoms with Gasteiger partial charge in [0, 0.05) is 0 Å². The van der Waals surface area contributed by atoms with E-state index in [0.717, 1.165) is 11.8 Å². The summed E-state index contributed by atoms with van der Waals surface area (Å²) >= 11 is 0.971. The first kappa shape index (κ1) is 16.5. The Morgan fingerprint density at radius 2 is 1.73 bits per heavy atom. The second-order valence-corrected chi connectivity index (χ2v) is 3.26. The van der Waals surface area contributed by atoms with Crippen LogP contribution in [0.1, 0.15) is 34.1 Å². The molecule has 86 valence electrons. The monoisotopic (exact) mass is 228 g/mol.